The summed E-state index contributed by atoms with van der Waals surface area (Å²) in [6.07, 6.45) is 3.09. The van der Waals surface area contributed by atoms with Crippen LogP contribution in [0.2, 0.25) is 5.02 Å². The maximum atomic E-state index is 6.00. The quantitative estimate of drug-likeness (QED) is 0.868. The minimum absolute atomic E-state index is 0.371. The van der Waals surface area contributed by atoms with E-state index in [0.717, 1.165) is 31.1 Å². The zero-order chi connectivity index (χ0) is 13.7. The van der Waals surface area contributed by atoms with Gasteiger partial charge in [0.05, 0.1) is 12.2 Å². The molecule has 19 heavy (non-hydrogen) atoms. The lowest BCUT2D eigenvalue weighted by Gasteiger charge is -2.21. The second-order valence-corrected chi connectivity index (χ2v) is 5.77. The number of hydrogen-bond donors (Lipinski definition) is 1. The van der Waals surface area contributed by atoms with Gasteiger partial charge in [-0.25, -0.2) is 0 Å². The number of benzene rings is 1. The van der Waals surface area contributed by atoms with Crippen LogP contribution in [-0.2, 0) is 11.3 Å². The van der Waals surface area contributed by atoms with Gasteiger partial charge in [-0.2, -0.15) is 0 Å². The lowest BCUT2D eigenvalue weighted by Crippen LogP contribution is -2.30. The van der Waals surface area contributed by atoms with Gasteiger partial charge in [-0.15, -0.1) is 0 Å². The number of halogens is 1. The molecule has 0 saturated carbocycles. The fourth-order valence-electron chi connectivity index (χ4n) is 2.61. The Bertz CT molecular complexity index is 382. The summed E-state index contributed by atoms with van der Waals surface area (Å²) in [6.45, 7) is 2.88. The van der Waals surface area contributed by atoms with Gasteiger partial charge in [-0.3, -0.25) is 4.90 Å². The van der Waals surface area contributed by atoms with Crippen molar-refractivity contribution in [3.8, 4) is 0 Å². The van der Waals surface area contributed by atoms with Gasteiger partial charge in [-0.05, 0) is 44.6 Å². The van der Waals surface area contributed by atoms with Crippen LogP contribution < -0.4 is 5.32 Å². The largest absolute Gasteiger partial charge is 0.372 e. The number of hydrogen-bond acceptors (Lipinski definition) is 3. The number of rotatable bonds is 6. The summed E-state index contributed by atoms with van der Waals surface area (Å²) in [7, 11) is 4.12. The van der Waals surface area contributed by atoms with E-state index >= 15 is 0 Å². The monoisotopic (exact) mass is 282 g/mol. The van der Waals surface area contributed by atoms with Crippen LogP contribution in [0.4, 0.5) is 0 Å². The van der Waals surface area contributed by atoms with Crippen LogP contribution in [0.25, 0.3) is 0 Å². The van der Waals surface area contributed by atoms with Gasteiger partial charge < -0.3 is 10.1 Å². The van der Waals surface area contributed by atoms with Gasteiger partial charge in [0, 0.05) is 24.7 Å². The molecule has 1 aromatic carbocycles. The highest BCUT2D eigenvalue weighted by molar-refractivity contribution is 6.30. The standard InChI is InChI=1S/C15H23ClN2O/c1-17-9-14-7-8-15(19-14)11-18(2)10-12-3-5-13(16)6-4-12/h3-6,14-15,17H,7-11H2,1-2H3. The van der Waals surface area contributed by atoms with Crippen LogP contribution in [0.3, 0.4) is 0 Å². The van der Waals surface area contributed by atoms with E-state index in [9.17, 15) is 0 Å². The number of nitrogens with one attached hydrogen (secondary N) is 1. The third kappa shape index (κ3) is 4.77. The number of nitrogens with zero attached hydrogens (tertiary/aromatic N) is 1. The summed E-state index contributed by atoms with van der Waals surface area (Å²) in [5, 5.41) is 3.97. The molecule has 1 heterocycles. The Morgan fingerprint density at radius 1 is 1.26 bits per heavy atom. The summed E-state index contributed by atoms with van der Waals surface area (Å²) >= 11 is 5.89. The van der Waals surface area contributed by atoms with Crippen molar-refractivity contribution in [2.45, 2.75) is 31.6 Å². The molecule has 2 unspecified atom stereocenters. The molecule has 0 spiro atoms. The highest BCUT2D eigenvalue weighted by atomic mass is 35.5. The zero-order valence-electron chi connectivity index (χ0n) is 11.7. The summed E-state index contributed by atoms with van der Waals surface area (Å²) in [5.74, 6) is 0. The molecule has 1 saturated heterocycles. The van der Waals surface area contributed by atoms with Crippen molar-refractivity contribution in [1.29, 1.82) is 0 Å². The van der Waals surface area contributed by atoms with Crippen LogP contribution in [0.5, 0.6) is 0 Å². The normalized spacial score (nSPS) is 23.2. The van der Waals surface area contributed by atoms with Gasteiger partial charge in [0.1, 0.15) is 0 Å². The molecule has 0 radical (unpaired) electrons. The van der Waals surface area contributed by atoms with Crippen LogP contribution in [-0.4, -0.2) is 44.3 Å². The molecule has 1 fully saturated rings. The van der Waals surface area contributed by atoms with Crippen LogP contribution in [0.1, 0.15) is 18.4 Å². The molecule has 1 aliphatic rings. The number of ether oxygens (including phenoxy) is 1. The molecule has 4 heteroatoms. The third-order valence-electron chi connectivity index (χ3n) is 3.51. The maximum Gasteiger partial charge on any atom is 0.0707 e. The Morgan fingerprint density at radius 2 is 1.95 bits per heavy atom. The average Bonchev–Trinajstić information content (AvgIpc) is 2.80. The highest BCUT2D eigenvalue weighted by Gasteiger charge is 2.25. The summed E-state index contributed by atoms with van der Waals surface area (Å²) in [4.78, 5) is 2.32. The molecular formula is C15H23ClN2O. The molecule has 1 aliphatic heterocycles. The molecule has 0 bridgehead atoms. The summed E-state index contributed by atoms with van der Waals surface area (Å²) in [6, 6.07) is 8.05. The fourth-order valence-corrected chi connectivity index (χ4v) is 2.73. The summed E-state index contributed by atoms with van der Waals surface area (Å²) in [5.41, 5.74) is 1.29. The Kier molecular flexibility index (Phi) is 5.64. The maximum absolute atomic E-state index is 6.00. The van der Waals surface area contributed by atoms with Crippen LogP contribution >= 0.6 is 11.6 Å². The van der Waals surface area contributed by atoms with E-state index in [2.05, 4.69) is 29.4 Å². The summed E-state index contributed by atoms with van der Waals surface area (Å²) < 4.78 is 6.00. The highest BCUT2D eigenvalue weighted by Crippen LogP contribution is 2.20. The second-order valence-electron chi connectivity index (χ2n) is 5.34. The van der Waals surface area contributed by atoms with E-state index in [1.54, 1.807) is 0 Å². The van der Waals surface area contributed by atoms with Crippen molar-refractivity contribution in [3.05, 3.63) is 34.9 Å². The molecule has 0 aliphatic carbocycles. The van der Waals surface area contributed by atoms with E-state index in [0.29, 0.717) is 12.2 Å². The molecule has 1 aromatic rings. The van der Waals surface area contributed by atoms with Crippen LogP contribution in [0.15, 0.2) is 24.3 Å². The molecule has 106 valence electrons. The molecule has 0 aromatic heterocycles. The minimum Gasteiger partial charge on any atom is -0.372 e. The fraction of sp³-hybridized carbons (Fsp3) is 0.600. The molecule has 2 rings (SSSR count). The Hall–Kier alpha value is -0.610. The SMILES string of the molecule is CNCC1CCC(CN(C)Cc2ccc(Cl)cc2)O1. The molecule has 2 atom stereocenters. The molecule has 3 nitrogen and oxygen atoms in total. The Balaban J connectivity index is 1.75. The van der Waals surface area contributed by atoms with Gasteiger partial charge in [0.2, 0.25) is 0 Å². The van der Waals surface area contributed by atoms with Gasteiger partial charge in [0.25, 0.3) is 0 Å². The lowest BCUT2D eigenvalue weighted by atomic mass is 10.1. The van der Waals surface area contributed by atoms with E-state index < -0.39 is 0 Å². The van der Waals surface area contributed by atoms with Crippen molar-refractivity contribution in [2.75, 3.05) is 27.2 Å². The zero-order valence-corrected chi connectivity index (χ0v) is 12.5. The molecular weight excluding hydrogens is 260 g/mol. The smallest absolute Gasteiger partial charge is 0.0707 e. The molecule has 0 amide bonds. The predicted molar refractivity (Wildman–Crippen MR) is 79.6 cm³/mol. The van der Waals surface area contributed by atoms with Crippen molar-refractivity contribution in [2.24, 2.45) is 0 Å². The van der Waals surface area contributed by atoms with Crippen LogP contribution in [0, 0.1) is 0 Å². The third-order valence-corrected chi connectivity index (χ3v) is 3.76. The first-order valence-corrected chi connectivity index (χ1v) is 7.28. The first-order chi connectivity index (χ1) is 9.17. The van der Waals surface area contributed by atoms with E-state index in [1.165, 1.54) is 12.0 Å². The Morgan fingerprint density at radius 3 is 2.63 bits per heavy atom. The molecule has 1 N–H and O–H groups in total. The minimum atomic E-state index is 0.371. The van der Waals surface area contributed by atoms with Gasteiger partial charge in [0.15, 0.2) is 0 Å². The first-order valence-electron chi connectivity index (χ1n) is 6.90. The second kappa shape index (κ2) is 7.25. The van der Waals surface area contributed by atoms with Gasteiger partial charge >= 0.3 is 0 Å². The topological polar surface area (TPSA) is 24.5 Å². The van der Waals surface area contributed by atoms with E-state index in [4.69, 9.17) is 16.3 Å². The van der Waals surface area contributed by atoms with Crippen molar-refractivity contribution in [3.63, 3.8) is 0 Å². The van der Waals surface area contributed by atoms with Crippen molar-refractivity contribution in [1.82, 2.24) is 10.2 Å². The lowest BCUT2D eigenvalue weighted by molar-refractivity contribution is 0.0276. The van der Waals surface area contributed by atoms with E-state index in [1.807, 2.05) is 19.2 Å². The number of likely N-dealkylation sites (N-methyl/N-ethyl adjacent to an activating group) is 2. The van der Waals surface area contributed by atoms with E-state index in [-0.39, 0.29) is 0 Å². The Labute approximate surface area is 120 Å². The van der Waals surface area contributed by atoms with Crippen molar-refractivity contribution >= 4 is 11.6 Å². The average molecular weight is 283 g/mol. The van der Waals surface area contributed by atoms with Gasteiger partial charge in [-0.1, -0.05) is 23.7 Å². The first kappa shape index (κ1) is 14.8. The predicted octanol–water partition coefficient (Wildman–Crippen LogP) is 2.54. The van der Waals surface area contributed by atoms with Crippen molar-refractivity contribution < 1.29 is 4.74 Å².